The molecule has 4 nitrogen and oxygen atoms in total. The van der Waals surface area contributed by atoms with Crippen LogP contribution >= 0.6 is 0 Å². The van der Waals surface area contributed by atoms with Crippen LogP contribution < -0.4 is 0 Å². The first-order valence-electron chi connectivity index (χ1n) is 11.2. The second kappa shape index (κ2) is 10.4. The zero-order chi connectivity index (χ0) is 21.6. The van der Waals surface area contributed by atoms with Crippen LogP contribution in [0, 0.1) is 22.7 Å². The lowest BCUT2D eigenvalue weighted by Crippen LogP contribution is -2.47. The van der Waals surface area contributed by atoms with E-state index in [9.17, 15) is 4.79 Å². The molecule has 1 saturated heterocycles. The van der Waals surface area contributed by atoms with Gasteiger partial charge in [-0.1, -0.05) is 48.0 Å². The molecule has 4 heteroatoms. The maximum atomic E-state index is 13.2. The van der Waals surface area contributed by atoms with Gasteiger partial charge < -0.3 is 14.4 Å². The summed E-state index contributed by atoms with van der Waals surface area (Å²) in [5.41, 5.74) is 0.0661. The zero-order valence-corrected chi connectivity index (χ0v) is 20.2. The molecule has 0 radical (unpaired) electrons. The van der Waals surface area contributed by atoms with E-state index in [0.29, 0.717) is 25.0 Å². The lowest BCUT2D eigenvalue weighted by molar-refractivity contribution is -0.144. The van der Waals surface area contributed by atoms with Gasteiger partial charge in [-0.05, 0) is 56.8 Å². The smallest absolute Gasteiger partial charge is 0.226 e. The molecule has 1 amide bonds. The number of amides is 1. The van der Waals surface area contributed by atoms with E-state index in [2.05, 4.69) is 62.3 Å². The summed E-state index contributed by atoms with van der Waals surface area (Å²) in [6.45, 7) is 23.6. The van der Waals surface area contributed by atoms with E-state index in [1.54, 1.807) is 0 Å². The molecule has 0 bridgehead atoms. The highest BCUT2D eigenvalue weighted by Crippen LogP contribution is 2.40. The first-order valence-corrected chi connectivity index (χ1v) is 11.2. The Balaban J connectivity index is 2.59. The molecule has 1 aliphatic rings. The normalized spacial score (nSPS) is 18.8. The van der Waals surface area contributed by atoms with Gasteiger partial charge in [0.25, 0.3) is 0 Å². The van der Waals surface area contributed by atoms with Crippen molar-refractivity contribution in [3.63, 3.8) is 0 Å². The predicted molar refractivity (Wildman–Crippen MR) is 117 cm³/mol. The van der Waals surface area contributed by atoms with Crippen molar-refractivity contribution in [1.29, 1.82) is 0 Å². The lowest BCUT2D eigenvalue weighted by Gasteiger charge is -2.40. The van der Waals surface area contributed by atoms with Gasteiger partial charge >= 0.3 is 0 Å². The maximum absolute atomic E-state index is 13.2. The number of hydrogen-bond donors (Lipinski definition) is 0. The van der Waals surface area contributed by atoms with E-state index in [4.69, 9.17) is 9.47 Å². The Hall–Kier alpha value is -0.610. The Morgan fingerprint density at radius 1 is 1.00 bits per heavy atom. The second-order valence-electron chi connectivity index (χ2n) is 11.6. The number of ether oxygens (including phenoxy) is 2. The van der Waals surface area contributed by atoms with Crippen LogP contribution in [-0.4, -0.2) is 49.3 Å². The standard InChI is InChI=1S/C24H47NO3/c1-19(11-15-28-23(5,6)7)10-12-24(8,9)18-20(22(2,3)4)21(26)25-13-16-27-17-14-25/h19-20H,10-18H2,1-9H3. The van der Waals surface area contributed by atoms with Gasteiger partial charge in [0.2, 0.25) is 5.91 Å². The highest BCUT2D eigenvalue weighted by Gasteiger charge is 2.38. The monoisotopic (exact) mass is 397 g/mol. The molecule has 2 atom stereocenters. The topological polar surface area (TPSA) is 38.8 Å². The van der Waals surface area contributed by atoms with Gasteiger partial charge in [0, 0.05) is 25.6 Å². The van der Waals surface area contributed by atoms with Crippen molar-refractivity contribution in [3.05, 3.63) is 0 Å². The fourth-order valence-corrected chi connectivity index (χ4v) is 3.77. The van der Waals surface area contributed by atoms with Crippen molar-refractivity contribution in [2.45, 2.75) is 93.6 Å². The highest BCUT2D eigenvalue weighted by atomic mass is 16.5. The SMILES string of the molecule is CC(CCOC(C)(C)C)CCC(C)(C)CC(C(=O)N1CCOCC1)C(C)(C)C. The second-order valence-corrected chi connectivity index (χ2v) is 11.6. The van der Waals surface area contributed by atoms with Crippen LogP contribution in [0.15, 0.2) is 0 Å². The molecule has 0 aromatic rings. The van der Waals surface area contributed by atoms with E-state index in [1.165, 1.54) is 6.42 Å². The van der Waals surface area contributed by atoms with Crippen molar-refractivity contribution in [2.24, 2.45) is 22.7 Å². The highest BCUT2D eigenvalue weighted by molar-refractivity contribution is 5.79. The van der Waals surface area contributed by atoms with Gasteiger partial charge in [0.1, 0.15) is 0 Å². The van der Waals surface area contributed by atoms with Crippen LogP contribution in [0.4, 0.5) is 0 Å². The van der Waals surface area contributed by atoms with Gasteiger partial charge in [-0.2, -0.15) is 0 Å². The molecular weight excluding hydrogens is 350 g/mol. The van der Waals surface area contributed by atoms with E-state index in [0.717, 1.165) is 39.0 Å². The van der Waals surface area contributed by atoms with Crippen LogP contribution in [0.1, 0.15) is 88.0 Å². The molecule has 0 saturated carbocycles. The molecule has 0 aliphatic carbocycles. The van der Waals surface area contributed by atoms with Crippen molar-refractivity contribution in [3.8, 4) is 0 Å². The molecule has 1 fully saturated rings. The Kier molecular flexibility index (Phi) is 9.47. The van der Waals surface area contributed by atoms with Crippen molar-refractivity contribution >= 4 is 5.91 Å². The molecule has 166 valence electrons. The van der Waals surface area contributed by atoms with E-state index in [-0.39, 0.29) is 22.3 Å². The Labute approximate surface area is 174 Å². The molecule has 2 unspecified atom stereocenters. The van der Waals surface area contributed by atoms with Crippen LogP contribution in [-0.2, 0) is 14.3 Å². The first kappa shape index (κ1) is 25.4. The quantitative estimate of drug-likeness (QED) is 0.512. The fourth-order valence-electron chi connectivity index (χ4n) is 3.77. The van der Waals surface area contributed by atoms with Gasteiger partial charge in [-0.3, -0.25) is 4.79 Å². The summed E-state index contributed by atoms with van der Waals surface area (Å²) in [6.07, 6.45) is 4.37. The Bertz CT molecular complexity index is 467. The minimum absolute atomic E-state index is 0.0289. The third-order valence-electron chi connectivity index (χ3n) is 5.88. The molecule has 0 spiro atoms. The third kappa shape index (κ3) is 9.73. The zero-order valence-electron chi connectivity index (χ0n) is 20.2. The first-order chi connectivity index (χ1) is 12.7. The van der Waals surface area contributed by atoms with Gasteiger partial charge in [0.15, 0.2) is 0 Å². The molecule has 1 rings (SSSR count). The lowest BCUT2D eigenvalue weighted by atomic mass is 9.69. The minimum atomic E-state index is -0.0568. The average Bonchev–Trinajstić information content (AvgIpc) is 2.56. The van der Waals surface area contributed by atoms with Crippen molar-refractivity contribution < 1.29 is 14.3 Å². The van der Waals surface area contributed by atoms with Gasteiger partial charge in [-0.15, -0.1) is 0 Å². The van der Waals surface area contributed by atoms with Crippen molar-refractivity contribution in [2.75, 3.05) is 32.9 Å². The number of nitrogens with zero attached hydrogens (tertiary/aromatic N) is 1. The van der Waals surface area contributed by atoms with E-state index in [1.807, 2.05) is 4.90 Å². The number of morpholine rings is 1. The summed E-state index contributed by atoms with van der Waals surface area (Å²) in [7, 11) is 0. The molecule has 1 aliphatic heterocycles. The minimum Gasteiger partial charge on any atom is -0.378 e. The Morgan fingerprint density at radius 3 is 2.07 bits per heavy atom. The maximum Gasteiger partial charge on any atom is 0.226 e. The molecule has 0 aromatic carbocycles. The summed E-state index contributed by atoms with van der Waals surface area (Å²) < 4.78 is 11.3. The van der Waals surface area contributed by atoms with Crippen LogP contribution in [0.25, 0.3) is 0 Å². The van der Waals surface area contributed by atoms with Crippen LogP contribution in [0.3, 0.4) is 0 Å². The van der Waals surface area contributed by atoms with E-state index >= 15 is 0 Å². The number of rotatable bonds is 9. The molecule has 1 heterocycles. The van der Waals surface area contributed by atoms with Crippen LogP contribution in [0.5, 0.6) is 0 Å². The van der Waals surface area contributed by atoms with Crippen molar-refractivity contribution in [1.82, 2.24) is 4.90 Å². The molecule has 28 heavy (non-hydrogen) atoms. The largest absolute Gasteiger partial charge is 0.378 e. The summed E-state index contributed by atoms with van der Waals surface area (Å²) in [5, 5.41) is 0. The van der Waals surface area contributed by atoms with Gasteiger partial charge in [0.05, 0.1) is 18.8 Å². The van der Waals surface area contributed by atoms with Gasteiger partial charge in [-0.25, -0.2) is 0 Å². The summed E-state index contributed by atoms with van der Waals surface area (Å²) in [5.74, 6) is 1.01. The number of carbonyl (C=O) groups excluding carboxylic acids is 1. The summed E-state index contributed by atoms with van der Waals surface area (Å²) in [4.78, 5) is 15.3. The summed E-state index contributed by atoms with van der Waals surface area (Å²) >= 11 is 0. The summed E-state index contributed by atoms with van der Waals surface area (Å²) in [6, 6.07) is 0. The third-order valence-corrected chi connectivity index (χ3v) is 5.88. The number of hydrogen-bond acceptors (Lipinski definition) is 3. The number of carbonyl (C=O) groups is 1. The average molecular weight is 398 g/mol. The molecule has 0 N–H and O–H groups in total. The van der Waals surface area contributed by atoms with Crippen LogP contribution in [0.2, 0.25) is 0 Å². The fraction of sp³-hybridized carbons (Fsp3) is 0.958. The predicted octanol–water partition coefficient (Wildman–Crippen LogP) is 5.55. The Morgan fingerprint density at radius 2 is 1.57 bits per heavy atom. The van der Waals surface area contributed by atoms with E-state index < -0.39 is 0 Å². The molecule has 0 aromatic heterocycles. The molecular formula is C24H47NO3.